The second kappa shape index (κ2) is 7.23. The van der Waals surface area contributed by atoms with Gasteiger partial charge >= 0.3 is 5.97 Å². The molecule has 0 aliphatic carbocycles. The maximum absolute atomic E-state index is 12.7. The number of fused-ring (bicyclic) bond motifs is 1. The van der Waals surface area contributed by atoms with E-state index in [2.05, 4.69) is 5.32 Å². The Morgan fingerprint density at radius 3 is 2.50 bits per heavy atom. The Kier molecular flexibility index (Phi) is 5.12. The lowest BCUT2D eigenvalue weighted by Crippen LogP contribution is -2.55. The van der Waals surface area contributed by atoms with Crippen molar-refractivity contribution in [2.24, 2.45) is 0 Å². The van der Waals surface area contributed by atoms with E-state index < -0.39 is 41.6 Å². The van der Waals surface area contributed by atoms with E-state index in [0.29, 0.717) is 0 Å². The topological polar surface area (TPSA) is 122 Å². The molecule has 0 saturated carbocycles. The summed E-state index contributed by atoms with van der Waals surface area (Å²) in [4.78, 5) is 50.1. The van der Waals surface area contributed by atoms with Crippen molar-refractivity contribution < 1.29 is 33.8 Å². The Labute approximate surface area is 161 Å². The van der Waals surface area contributed by atoms with Crippen LogP contribution in [-0.2, 0) is 14.3 Å². The van der Waals surface area contributed by atoms with E-state index in [9.17, 15) is 24.3 Å². The van der Waals surface area contributed by atoms with E-state index in [1.165, 1.54) is 18.2 Å². The molecule has 2 aliphatic rings. The Balaban J connectivity index is 1.73. The van der Waals surface area contributed by atoms with Crippen LogP contribution in [0.25, 0.3) is 0 Å². The van der Waals surface area contributed by atoms with Gasteiger partial charge in [0.15, 0.2) is 6.61 Å². The molecule has 2 aliphatic heterocycles. The zero-order valence-electron chi connectivity index (χ0n) is 15.9. The standard InChI is InChI=1S/C19H22N2O7/c1-19(2,3)28-15(23)9-27-10-4-5-11-12(8-10)18(26)21(17(11)25)13-6-7-14(22)20-16(13)24/h4-5,8,13-14,22H,6-7,9H2,1-3H3,(H,20,24). The molecule has 28 heavy (non-hydrogen) atoms. The van der Waals surface area contributed by atoms with E-state index in [0.717, 1.165) is 4.90 Å². The maximum Gasteiger partial charge on any atom is 0.344 e. The van der Waals surface area contributed by atoms with Crippen molar-refractivity contribution in [3.63, 3.8) is 0 Å². The summed E-state index contributed by atoms with van der Waals surface area (Å²) in [7, 11) is 0. The normalized spacial score (nSPS) is 22.0. The van der Waals surface area contributed by atoms with Gasteiger partial charge in [0.05, 0.1) is 11.1 Å². The van der Waals surface area contributed by atoms with Gasteiger partial charge in [-0.15, -0.1) is 0 Å². The van der Waals surface area contributed by atoms with Crippen LogP contribution >= 0.6 is 0 Å². The van der Waals surface area contributed by atoms with Crippen molar-refractivity contribution in [2.75, 3.05) is 6.61 Å². The fourth-order valence-corrected chi connectivity index (χ4v) is 3.15. The average molecular weight is 390 g/mol. The molecule has 2 N–H and O–H groups in total. The zero-order valence-corrected chi connectivity index (χ0v) is 15.9. The van der Waals surface area contributed by atoms with Gasteiger partial charge in [0.1, 0.15) is 23.6 Å². The number of aliphatic hydroxyl groups is 1. The number of benzene rings is 1. The van der Waals surface area contributed by atoms with E-state index in [1.807, 2.05) is 0 Å². The minimum absolute atomic E-state index is 0.102. The van der Waals surface area contributed by atoms with Gasteiger partial charge in [-0.1, -0.05) is 0 Å². The number of esters is 1. The summed E-state index contributed by atoms with van der Waals surface area (Å²) in [6, 6.07) is 3.30. The first-order valence-corrected chi connectivity index (χ1v) is 8.92. The smallest absolute Gasteiger partial charge is 0.344 e. The van der Waals surface area contributed by atoms with E-state index in [-0.39, 0.29) is 36.3 Å². The quantitative estimate of drug-likeness (QED) is 0.570. The monoisotopic (exact) mass is 390 g/mol. The molecule has 1 fully saturated rings. The van der Waals surface area contributed by atoms with Gasteiger partial charge in [-0.05, 0) is 51.8 Å². The number of carbonyl (C=O) groups excluding carboxylic acids is 4. The van der Waals surface area contributed by atoms with Gasteiger partial charge in [-0.25, -0.2) is 4.79 Å². The van der Waals surface area contributed by atoms with Crippen LogP contribution < -0.4 is 10.1 Å². The average Bonchev–Trinajstić information content (AvgIpc) is 2.83. The largest absolute Gasteiger partial charge is 0.482 e. The minimum Gasteiger partial charge on any atom is -0.482 e. The highest BCUT2D eigenvalue weighted by Gasteiger charge is 2.44. The third-order valence-corrected chi connectivity index (χ3v) is 4.30. The van der Waals surface area contributed by atoms with E-state index >= 15 is 0 Å². The molecule has 3 amide bonds. The van der Waals surface area contributed by atoms with Crippen LogP contribution in [0.15, 0.2) is 18.2 Å². The summed E-state index contributed by atoms with van der Waals surface area (Å²) in [6.45, 7) is 4.86. The van der Waals surface area contributed by atoms with Gasteiger partial charge in [0, 0.05) is 0 Å². The Morgan fingerprint density at radius 2 is 1.86 bits per heavy atom. The number of carbonyl (C=O) groups is 4. The zero-order chi connectivity index (χ0) is 20.6. The number of hydrogen-bond donors (Lipinski definition) is 2. The fraction of sp³-hybridized carbons (Fsp3) is 0.474. The molecule has 9 heteroatoms. The van der Waals surface area contributed by atoms with Gasteiger partial charge in [-0.2, -0.15) is 0 Å². The van der Waals surface area contributed by atoms with Crippen molar-refractivity contribution in [3.8, 4) is 5.75 Å². The SMILES string of the molecule is CC(C)(C)OC(=O)COc1ccc2c(c1)C(=O)N(C1CCC(O)NC1=O)C2=O. The highest BCUT2D eigenvalue weighted by molar-refractivity contribution is 6.23. The summed E-state index contributed by atoms with van der Waals surface area (Å²) in [6.07, 6.45) is -0.555. The first-order valence-electron chi connectivity index (χ1n) is 8.92. The molecule has 150 valence electrons. The molecule has 0 aromatic heterocycles. The van der Waals surface area contributed by atoms with Crippen LogP contribution in [0.1, 0.15) is 54.3 Å². The molecule has 0 bridgehead atoms. The first kappa shape index (κ1) is 19.8. The third-order valence-electron chi connectivity index (χ3n) is 4.30. The fourth-order valence-electron chi connectivity index (χ4n) is 3.15. The molecular formula is C19H22N2O7. The lowest BCUT2D eigenvalue weighted by Gasteiger charge is -2.31. The molecule has 9 nitrogen and oxygen atoms in total. The molecule has 1 aromatic rings. The summed E-state index contributed by atoms with van der Waals surface area (Å²) in [5.74, 6) is -2.09. The van der Waals surface area contributed by atoms with Gasteiger partial charge in [0.2, 0.25) is 5.91 Å². The molecule has 3 rings (SSSR count). The van der Waals surface area contributed by atoms with Crippen molar-refractivity contribution in [3.05, 3.63) is 29.3 Å². The van der Waals surface area contributed by atoms with E-state index in [1.54, 1.807) is 20.8 Å². The first-order chi connectivity index (χ1) is 13.1. The van der Waals surface area contributed by atoms with Crippen molar-refractivity contribution >= 4 is 23.7 Å². The minimum atomic E-state index is -0.980. The number of imide groups is 1. The Bertz CT molecular complexity index is 843. The third kappa shape index (κ3) is 3.99. The van der Waals surface area contributed by atoms with Crippen LogP contribution in [0.4, 0.5) is 0 Å². The summed E-state index contributed by atoms with van der Waals surface area (Å²) in [5, 5.41) is 11.8. The molecule has 1 saturated heterocycles. The van der Waals surface area contributed by atoms with Gasteiger partial charge in [-0.3, -0.25) is 19.3 Å². The van der Waals surface area contributed by atoms with Crippen LogP contribution in [0.5, 0.6) is 5.75 Å². The number of ether oxygens (including phenoxy) is 2. The number of hydrogen-bond acceptors (Lipinski definition) is 7. The van der Waals surface area contributed by atoms with Crippen LogP contribution in [0, 0.1) is 0 Å². The maximum atomic E-state index is 12.7. The lowest BCUT2D eigenvalue weighted by atomic mass is 10.0. The van der Waals surface area contributed by atoms with Gasteiger partial charge < -0.3 is 19.9 Å². The summed E-state index contributed by atoms with van der Waals surface area (Å²) >= 11 is 0. The number of rotatable bonds is 4. The van der Waals surface area contributed by atoms with Crippen LogP contribution in [0.3, 0.4) is 0 Å². The van der Waals surface area contributed by atoms with Crippen molar-refractivity contribution in [1.29, 1.82) is 0 Å². The number of aliphatic hydroxyl groups excluding tert-OH is 1. The van der Waals surface area contributed by atoms with Crippen LogP contribution in [0.2, 0.25) is 0 Å². The summed E-state index contributed by atoms with van der Waals surface area (Å²) in [5.41, 5.74) is -0.380. The predicted octanol–water partition coefficient (Wildman–Crippen LogP) is 0.600. The number of nitrogens with zero attached hydrogens (tertiary/aromatic N) is 1. The Morgan fingerprint density at radius 1 is 1.18 bits per heavy atom. The molecule has 0 radical (unpaired) electrons. The number of nitrogens with one attached hydrogen (secondary N) is 1. The van der Waals surface area contributed by atoms with Crippen molar-refractivity contribution in [2.45, 2.75) is 51.5 Å². The van der Waals surface area contributed by atoms with E-state index in [4.69, 9.17) is 9.47 Å². The molecule has 1 aromatic carbocycles. The lowest BCUT2D eigenvalue weighted by molar-refractivity contribution is -0.157. The second-order valence-corrected chi connectivity index (χ2v) is 7.68. The molecule has 2 atom stereocenters. The van der Waals surface area contributed by atoms with Crippen LogP contribution in [-0.4, -0.2) is 58.2 Å². The highest BCUT2D eigenvalue weighted by atomic mass is 16.6. The molecule has 2 heterocycles. The number of piperidine rings is 1. The molecular weight excluding hydrogens is 368 g/mol. The second-order valence-electron chi connectivity index (χ2n) is 7.68. The summed E-state index contributed by atoms with van der Waals surface area (Å²) < 4.78 is 10.5. The van der Waals surface area contributed by atoms with Crippen molar-refractivity contribution in [1.82, 2.24) is 10.2 Å². The Hall–Kier alpha value is -2.94. The molecule has 2 unspecified atom stereocenters. The predicted molar refractivity (Wildman–Crippen MR) is 95.5 cm³/mol. The highest BCUT2D eigenvalue weighted by Crippen LogP contribution is 2.30. The van der Waals surface area contributed by atoms with Gasteiger partial charge in [0.25, 0.3) is 11.8 Å². The molecule has 0 spiro atoms. The number of amides is 3.